The maximum atomic E-state index is 10.8. The van der Waals surface area contributed by atoms with Crippen molar-refractivity contribution in [2.45, 2.75) is 0 Å². The Labute approximate surface area is 101 Å². The molecule has 0 saturated carbocycles. The molecule has 1 heterocycles. The molecule has 0 aliphatic carbocycles. The molecule has 0 radical (unpaired) electrons. The standard InChI is InChI=1S/C11H8ClNO4/c1-17-8-4-5-2-6(11(15)16)3-7(14)9(5)13-10(8)12/h2-4,14H,1H3,(H,15,16). The van der Waals surface area contributed by atoms with Crippen LogP contribution in [-0.2, 0) is 0 Å². The predicted molar refractivity (Wildman–Crippen MR) is 61.9 cm³/mol. The first kappa shape index (κ1) is 11.5. The van der Waals surface area contributed by atoms with Crippen molar-refractivity contribution < 1.29 is 19.7 Å². The van der Waals surface area contributed by atoms with Crippen LogP contribution in [0.3, 0.4) is 0 Å². The minimum atomic E-state index is -1.13. The second kappa shape index (κ2) is 4.10. The summed E-state index contributed by atoms with van der Waals surface area (Å²) in [5.41, 5.74) is 0.210. The first-order valence-corrected chi connectivity index (χ1v) is 5.01. The van der Waals surface area contributed by atoms with Gasteiger partial charge in [0, 0.05) is 5.39 Å². The normalized spacial score (nSPS) is 10.5. The second-order valence-electron chi connectivity index (χ2n) is 3.35. The Morgan fingerprint density at radius 3 is 2.71 bits per heavy atom. The van der Waals surface area contributed by atoms with Gasteiger partial charge in [0.25, 0.3) is 0 Å². The van der Waals surface area contributed by atoms with Gasteiger partial charge in [-0.2, -0.15) is 0 Å². The molecule has 2 rings (SSSR count). The molecule has 5 nitrogen and oxygen atoms in total. The van der Waals surface area contributed by atoms with Crippen LogP contribution >= 0.6 is 11.6 Å². The molecule has 0 fully saturated rings. The average Bonchev–Trinajstić information content (AvgIpc) is 2.29. The Morgan fingerprint density at radius 1 is 1.41 bits per heavy atom. The third-order valence-electron chi connectivity index (χ3n) is 2.29. The van der Waals surface area contributed by atoms with Gasteiger partial charge < -0.3 is 14.9 Å². The van der Waals surface area contributed by atoms with Crippen molar-refractivity contribution in [1.29, 1.82) is 0 Å². The molecular weight excluding hydrogens is 246 g/mol. The molecule has 2 N–H and O–H groups in total. The van der Waals surface area contributed by atoms with E-state index in [9.17, 15) is 9.90 Å². The summed E-state index contributed by atoms with van der Waals surface area (Å²) in [6, 6.07) is 4.04. The highest BCUT2D eigenvalue weighted by Crippen LogP contribution is 2.32. The Morgan fingerprint density at radius 2 is 2.12 bits per heavy atom. The monoisotopic (exact) mass is 253 g/mol. The number of carboxylic acid groups (broad SMARTS) is 1. The molecule has 17 heavy (non-hydrogen) atoms. The number of halogens is 1. The van der Waals surface area contributed by atoms with E-state index in [0.29, 0.717) is 11.1 Å². The SMILES string of the molecule is COc1cc2cc(C(=O)O)cc(O)c2nc1Cl. The molecule has 0 spiro atoms. The summed E-state index contributed by atoms with van der Waals surface area (Å²) in [5.74, 6) is -1.04. The van der Waals surface area contributed by atoms with Crippen LogP contribution in [0.4, 0.5) is 0 Å². The summed E-state index contributed by atoms with van der Waals surface area (Å²) in [5, 5.41) is 19.1. The van der Waals surface area contributed by atoms with Crippen LogP contribution in [0.1, 0.15) is 10.4 Å². The first-order valence-electron chi connectivity index (χ1n) is 4.63. The smallest absolute Gasteiger partial charge is 0.335 e. The third-order valence-corrected chi connectivity index (χ3v) is 2.56. The number of aromatic carboxylic acids is 1. The van der Waals surface area contributed by atoms with Crippen molar-refractivity contribution >= 4 is 28.5 Å². The highest BCUT2D eigenvalue weighted by Gasteiger charge is 2.12. The van der Waals surface area contributed by atoms with Gasteiger partial charge in [-0.05, 0) is 18.2 Å². The zero-order valence-electron chi connectivity index (χ0n) is 8.77. The van der Waals surface area contributed by atoms with Crippen molar-refractivity contribution in [1.82, 2.24) is 4.98 Å². The fourth-order valence-corrected chi connectivity index (χ4v) is 1.71. The van der Waals surface area contributed by atoms with Gasteiger partial charge in [0.05, 0.1) is 12.7 Å². The molecule has 0 aliphatic heterocycles. The summed E-state index contributed by atoms with van der Waals surface area (Å²) in [6.07, 6.45) is 0. The molecule has 0 aliphatic rings. The Hall–Kier alpha value is -2.01. The molecule has 6 heteroatoms. The summed E-state index contributed by atoms with van der Waals surface area (Å²) in [7, 11) is 1.43. The molecule has 0 saturated heterocycles. The highest BCUT2D eigenvalue weighted by atomic mass is 35.5. The number of hydrogen-bond donors (Lipinski definition) is 2. The molecule has 0 unspecified atom stereocenters. The van der Waals surface area contributed by atoms with Crippen molar-refractivity contribution in [3.05, 3.63) is 28.9 Å². The van der Waals surface area contributed by atoms with Crippen LogP contribution in [0.15, 0.2) is 18.2 Å². The van der Waals surface area contributed by atoms with Gasteiger partial charge in [-0.1, -0.05) is 11.6 Å². The maximum Gasteiger partial charge on any atom is 0.335 e. The van der Waals surface area contributed by atoms with Crippen molar-refractivity contribution in [3.63, 3.8) is 0 Å². The van der Waals surface area contributed by atoms with Gasteiger partial charge in [-0.15, -0.1) is 0 Å². The Kier molecular flexibility index (Phi) is 2.77. The summed E-state index contributed by atoms with van der Waals surface area (Å²) in [4.78, 5) is 14.8. The van der Waals surface area contributed by atoms with Gasteiger partial charge in [0.1, 0.15) is 11.3 Å². The molecule has 88 valence electrons. The molecule has 1 aromatic heterocycles. The molecule has 0 atom stereocenters. The van der Waals surface area contributed by atoms with E-state index in [1.165, 1.54) is 19.2 Å². The van der Waals surface area contributed by atoms with E-state index in [1.54, 1.807) is 0 Å². The van der Waals surface area contributed by atoms with E-state index in [2.05, 4.69) is 4.98 Å². The number of phenols is 1. The number of aromatic hydroxyl groups is 1. The molecular formula is C11H8ClNO4. The summed E-state index contributed by atoms with van der Waals surface area (Å²) >= 11 is 5.81. The molecule has 0 bridgehead atoms. The largest absolute Gasteiger partial charge is 0.506 e. The predicted octanol–water partition coefficient (Wildman–Crippen LogP) is 2.30. The molecule has 1 aromatic carbocycles. The summed E-state index contributed by atoms with van der Waals surface area (Å²) in [6.45, 7) is 0. The van der Waals surface area contributed by atoms with Crippen LogP contribution in [-0.4, -0.2) is 28.3 Å². The molecule has 0 amide bonds. The van der Waals surface area contributed by atoms with Gasteiger partial charge in [-0.25, -0.2) is 9.78 Å². The average molecular weight is 254 g/mol. The van der Waals surface area contributed by atoms with E-state index in [-0.39, 0.29) is 22.0 Å². The second-order valence-corrected chi connectivity index (χ2v) is 3.71. The van der Waals surface area contributed by atoms with Gasteiger partial charge in [0.2, 0.25) is 0 Å². The number of aromatic nitrogens is 1. The fourth-order valence-electron chi connectivity index (χ4n) is 1.49. The zero-order chi connectivity index (χ0) is 12.6. The maximum absolute atomic E-state index is 10.8. The van der Waals surface area contributed by atoms with Crippen LogP contribution in [0, 0.1) is 0 Å². The fraction of sp³-hybridized carbons (Fsp3) is 0.0909. The third kappa shape index (κ3) is 1.97. The van der Waals surface area contributed by atoms with Crippen molar-refractivity contribution in [2.24, 2.45) is 0 Å². The lowest BCUT2D eigenvalue weighted by Gasteiger charge is -2.06. The number of ether oxygens (including phenoxy) is 1. The van der Waals surface area contributed by atoms with E-state index in [1.807, 2.05) is 0 Å². The topological polar surface area (TPSA) is 79.7 Å². The molecule has 2 aromatic rings. The van der Waals surface area contributed by atoms with Crippen LogP contribution in [0.25, 0.3) is 10.9 Å². The Bertz CT molecular complexity index is 612. The van der Waals surface area contributed by atoms with E-state index in [4.69, 9.17) is 21.4 Å². The van der Waals surface area contributed by atoms with E-state index in [0.717, 1.165) is 6.07 Å². The number of phenolic OH excluding ortho intramolecular Hbond substituents is 1. The minimum Gasteiger partial charge on any atom is -0.506 e. The highest BCUT2D eigenvalue weighted by molar-refractivity contribution is 6.31. The first-order chi connectivity index (χ1) is 8.02. The lowest BCUT2D eigenvalue weighted by atomic mass is 10.1. The minimum absolute atomic E-state index is 0.0267. The number of carboxylic acids is 1. The van der Waals surface area contributed by atoms with Gasteiger partial charge >= 0.3 is 5.97 Å². The van der Waals surface area contributed by atoms with Crippen LogP contribution in [0.2, 0.25) is 5.15 Å². The number of pyridine rings is 1. The van der Waals surface area contributed by atoms with E-state index >= 15 is 0 Å². The van der Waals surface area contributed by atoms with Gasteiger partial charge in [-0.3, -0.25) is 0 Å². The number of fused-ring (bicyclic) bond motifs is 1. The number of nitrogens with zero attached hydrogens (tertiary/aromatic N) is 1. The zero-order valence-corrected chi connectivity index (χ0v) is 9.52. The number of methoxy groups -OCH3 is 1. The Balaban J connectivity index is 2.78. The number of rotatable bonds is 2. The number of benzene rings is 1. The number of hydrogen-bond acceptors (Lipinski definition) is 4. The van der Waals surface area contributed by atoms with Crippen molar-refractivity contribution in [3.8, 4) is 11.5 Å². The lowest BCUT2D eigenvalue weighted by Crippen LogP contribution is -1.97. The van der Waals surface area contributed by atoms with Crippen molar-refractivity contribution in [2.75, 3.05) is 7.11 Å². The van der Waals surface area contributed by atoms with Crippen LogP contribution < -0.4 is 4.74 Å². The lowest BCUT2D eigenvalue weighted by molar-refractivity contribution is 0.0696. The van der Waals surface area contributed by atoms with Gasteiger partial charge in [0.15, 0.2) is 10.9 Å². The van der Waals surface area contributed by atoms with Crippen LogP contribution in [0.5, 0.6) is 11.5 Å². The quantitative estimate of drug-likeness (QED) is 0.803. The summed E-state index contributed by atoms with van der Waals surface area (Å²) < 4.78 is 4.97. The number of carbonyl (C=O) groups is 1. The van der Waals surface area contributed by atoms with E-state index < -0.39 is 5.97 Å².